The van der Waals surface area contributed by atoms with Crippen LogP contribution < -0.4 is 5.73 Å². The maximum Gasteiger partial charge on any atom is 0.128 e. The molecule has 17 heavy (non-hydrogen) atoms. The van der Waals surface area contributed by atoms with Gasteiger partial charge in [0.1, 0.15) is 5.82 Å². The van der Waals surface area contributed by atoms with Crippen molar-refractivity contribution >= 4 is 0 Å². The Morgan fingerprint density at radius 3 is 2.94 bits per heavy atom. The summed E-state index contributed by atoms with van der Waals surface area (Å²) in [5, 5.41) is 0. The molecule has 1 fully saturated rings. The Balaban J connectivity index is 2.23. The van der Waals surface area contributed by atoms with E-state index in [4.69, 9.17) is 10.5 Å². The minimum Gasteiger partial charge on any atom is -0.379 e. The average molecular weight is 238 g/mol. The molecule has 0 bridgehead atoms. The van der Waals surface area contributed by atoms with Gasteiger partial charge in [0.05, 0.1) is 19.3 Å². The number of halogens is 1. The van der Waals surface area contributed by atoms with Crippen molar-refractivity contribution in [1.82, 2.24) is 4.90 Å². The number of nitrogens with two attached hydrogens (primary N) is 1. The molecule has 0 amide bonds. The highest BCUT2D eigenvalue weighted by molar-refractivity contribution is 5.22. The van der Waals surface area contributed by atoms with Crippen molar-refractivity contribution in [2.24, 2.45) is 5.73 Å². The van der Waals surface area contributed by atoms with Gasteiger partial charge in [0.2, 0.25) is 0 Å². The summed E-state index contributed by atoms with van der Waals surface area (Å²) in [7, 11) is 0. The first-order chi connectivity index (χ1) is 8.24. The molecule has 2 unspecified atom stereocenters. The van der Waals surface area contributed by atoms with Crippen LogP contribution in [0.4, 0.5) is 4.39 Å². The predicted octanol–water partition coefficient (Wildman–Crippen LogP) is 1.55. The van der Waals surface area contributed by atoms with Crippen molar-refractivity contribution in [3.63, 3.8) is 0 Å². The molecule has 0 aromatic heterocycles. The molecule has 1 heterocycles. The van der Waals surface area contributed by atoms with E-state index < -0.39 is 0 Å². The molecule has 4 heteroatoms. The van der Waals surface area contributed by atoms with Gasteiger partial charge in [0, 0.05) is 24.7 Å². The van der Waals surface area contributed by atoms with Crippen LogP contribution in [0.3, 0.4) is 0 Å². The summed E-state index contributed by atoms with van der Waals surface area (Å²) in [4.78, 5) is 2.22. The topological polar surface area (TPSA) is 38.5 Å². The number of nitrogens with zero attached hydrogens (tertiary/aromatic N) is 1. The summed E-state index contributed by atoms with van der Waals surface area (Å²) in [5.41, 5.74) is 6.50. The monoisotopic (exact) mass is 238 g/mol. The maximum absolute atomic E-state index is 13.8. The van der Waals surface area contributed by atoms with E-state index in [2.05, 4.69) is 11.8 Å². The molecule has 1 aromatic carbocycles. The lowest BCUT2D eigenvalue weighted by molar-refractivity contribution is -0.0215. The zero-order valence-corrected chi connectivity index (χ0v) is 10.1. The van der Waals surface area contributed by atoms with E-state index in [9.17, 15) is 4.39 Å². The van der Waals surface area contributed by atoms with E-state index in [0.717, 1.165) is 6.54 Å². The Morgan fingerprint density at radius 2 is 2.29 bits per heavy atom. The fourth-order valence-electron chi connectivity index (χ4n) is 2.39. The minimum atomic E-state index is -0.179. The minimum absolute atomic E-state index is 0.0601. The maximum atomic E-state index is 13.8. The largest absolute Gasteiger partial charge is 0.379 e. The van der Waals surface area contributed by atoms with Gasteiger partial charge >= 0.3 is 0 Å². The Kier molecular flexibility index (Phi) is 4.10. The molecule has 94 valence electrons. The highest BCUT2D eigenvalue weighted by Gasteiger charge is 2.28. The third-order valence-electron chi connectivity index (χ3n) is 3.31. The smallest absolute Gasteiger partial charge is 0.128 e. The van der Waals surface area contributed by atoms with E-state index in [1.807, 2.05) is 12.1 Å². The Hall–Kier alpha value is -0.970. The van der Waals surface area contributed by atoms with E-state index in [1.54, 1.807) is 6.07 Å². The van der Waals surface area contributed by atoms with Gasteiger partial charge in [0.15, 0.2) is 0 Å². The van der Waals surface area contributed by atoms with Crippen LogP contribution in [0.2, 0.25) is 0 Å². The molecule has 1 aromatic rings. The number of ether oxygens (including phenoxy) is 1. The lowest BCUT2D eigenvalue weighted by Crippen LogP contribution is -2.47. The zero-order valence-electron chi connectivity index (χ0n) is 10.1. The lowest BCUT2D eigenvalue weighted by atomic mass is 10.0. The number of benzene rings is 1. The first-order valence-electron chi connectivity index (χ1n) is 6.02. The van der Waals surface area contributed by atoms with Gasteiger partial charge in [-0.3, -0.25) is 4.90 Å². The van der Waals surface area contributed by atoms with Crippen molar-refractivity contribution < 1.29 is 9.13 Å². The van der Waals surface area contributed by atoms with Crippen molar-refractivity contribution in [2.45, 2.75) is 19.0 Å². The summed E-state index contributed by atoms with van der Waals surface area (Å²) in [6.45, 7) is 4.69. The second kappa shape index (κ2) is 5.58. The normalized spacial score (nSPS) is 23.6. The van der Waals surface area contributed by atoms with Gasteiger partial charge < -0.3 is 10.5 Å². The molecular weight excluding hydrogens is 219 g/mol. The third kappa shape index (κ3) is 2.65. The van der Waals surface area contributed by atoms with E-state index in [1.165, 1.54) is 6.07 Å². The van der Waals surface area contributed by atoms with Crippen LogP contribution in [-0.4, -0.2) is 37.2 Å². The second-order valence-corrected chi connectivity index (χ2v) is 4.43. The number of hydrogen-bond donors (Lipinski definition) is 1. The highest BCUT2D eigenvalue weighted by atomic mass is 19.1. The van der Waals surface area contributed by atoms with E-state index in [0.29, 0.717) is 25.3 Å². The summed E-state index contributed by atoms with van der Waals surface area (Å²) >= 11 is 0. The van der Waals surface area contributed by atoms with Gasteiger partial charge in [-0.15, -0.1) is 0 Å². The number of rotatable bonds is 3. The first-order valence-corrected chi connectivity index (χ1v) is 6.02. The van der Waals surface area contributed by atoms with Gasteiger partial charge in [0.25, 0.3) is 0 Å². The Labute approximate surface area is 101 Å². The lowest BCUT2D eigenvalue weighted by Gasteiger charge is -2.39. The predicted molar refractivity (Wildman–Crippen MR) is 65.2 cm³/mol. The molecule has 3 nitrogen and oxygen atoms in total. The summed E-state index contributed by atoms with van der Waals surface area (Å²) in [5.74, 6) is -0.179. The fraction of sp³-hybridized carbons (Fsp3) is 0.538. The van der Waals surface area contributed by atoms with Crippen LogP contribution in [0.5, 0.6) is 0 Å². The molecule has 2 atom stereocenters. The van der Waals surface area contributed by atoms with Crippen molar-refractivity contribution in [1.29, 1.82) is 0 Å². The van der Waals surface area contributed by atoms with Crippen molar-refractivity contribution in [2.75, 3.05) is 26.3 Å². The van der Waals surface area contributed by atoms with Crippen LogP contribution in [0.15, 0.2) is 24.3 Å². The average Bonchev–Trinajstić information content (AvgIpc) is 2.34. The molecule has 2 rings (SSSR count). The zero-order chi connectivity index (χ0) is 12.3. The Bertz CT molecular complexity index is 372. The van der Waals surface area contributed by atoms with Gasteiger partial charge in [-0.05, 0) is 13.0 Å². The summed E-state index contributed by atoms with van der Waals surface area (Å²) < 4.78 is 19.2. The van der Waals surface area contributed by atoms with Crippen LogP contribution >= 0.6 is 0 Å². The molecule has 0 spiro atoms. The number of hydrogen-bond acceptors (Lipinski definition) is 3. The van der Waals surface area contributed by atoms with Crippen LogP contribution in [-0.2, 0) is 4.74 Å². The first kappa shape index (κ1) is 12.5. The Morgan fingerprint density at radius 1 is 1.53 bits per heavy atom. The second-order valence-electron chi connectivity index (χ2n) is 4.43. The molecule has 0 aliphatic carbocycles. The molecule has 1 saturated heterocycles. The number of morpholine rings is 1. The standard InChI is InChI=1S/C13H19FN2O/c1-10-9-17-7-6-16(10)13(8-15)11-4-2-3-5-12(11)14/h2-5,10,13H,6-9,15H2,1H3. The van der Waals surface area contributed by atoms with Crippen molar-refractivity contribution in [3.8, 4) is 0 Å². The molecule has 2 N–H and O–H groups in total. The van der Waals surface area contributed by atoms with Crippen LogP contribution in [0.25, 0.3) is 0 Å². The van der Waals surface area contributed by atoms with Gasteiger partial charge in [-0.25, -0.2) is 4.39 Å². The quantitative estimate of drug-likeness (QED) is 0.868. The van der Waals surface area contributed by atoms with Crippen LogP contribution in [0, 0.1) is 5.82 Å². The molecule has 0 saturated carbocycles. The molecule has 1 aliphatic heterocycles. The summed E-state index contributed by atoms with van der Waals surface area (Å²) in [6, 6.07) is 7.08. The highest BCUT2D eigenvalue weighted by Crippen LogP contribution is 2.25. The third-order valence-corrected chi connectivity index (χ3v) is 3.31. The van der Waals surface area contributed by atoms with Gasteiger partial charge in [-0.2, -0.15) is 0 Å². The van der Waals surface area contributed by atoms with Gasteiger partial charge in [-0.1, -0.05) is 18.2 Å². The molecular formula is C13H19FN2O. The van der Waals surface area contributed by atoms with Crippen LogP contribution in [0.1, 0.15) is 18.5 Å². The van der Waals surface area contributed by atoms with Crippen molar-refractivity contribution in [3.05, 3.63) is 35.6 Å². The molecule has 0 radical (unpaired) electrons. The van der Waals surface area contributed by atoms with E-state index in [-0.39, 0.29) is 17.9 Å². The fourth-order valence-corrected chi connectivity index (χ4v) is 2.39. The molecule has 1 aliphatic rings. The SMILES string of the molecule is CC1COCCN1C(CN)c1ccccc1F. The summed E-state index contributed by atoms with van der Waals surface area (Å²) in [6.07, 6.45) is 0. The van der Waals surface area contributed by atoms with E-state index >= 15 is 0 Å².